The lowest BCUT2D eigenvalue weighted by Crippen LogP contribution is -2.71. The van der Waals surface area contributed by atoms with Gasteiger partial charge in [0.05, 0.1) is 24.9 Å². The van der Waals surface area contributed by atoms with Gasteiger partial charge in [-0.2, -0.15) is 0 Å². The first kappa shape index (κ1) is 29.4. The summed E-state index contributed by atoms with van der Waals surface area (Å²) in [6, 6.07) is 28.9. The molecule has 0 radical (unpaired) electrons. The van der Waals surface area contributed by atoms with Gasteiger partial charge in [-0.05, 0) is 98.6 Å². The van der Waals surface area contributed by atoms with E-state index in [0.717, 1.165) is 17.8 Å². The van der Waals surface area contributed by atoms with Gasteiger partial charge in [-0.3, -0.25) is 9.80 Å². The predicted molar refractivity (Wildman–Crippen MR) is 193 cm³/mol. The second-order valence-electron chi connectivity index (χ2n) is 14.9. The zero-order valence-corrected chi connectivity index (χ0v) is 27.8. The van der Waals surface area contributed by atoms with Crippen LogP contribution in [-0.2, 0) is 0 Å². The molecule has 2 saturated heterocycles. The first-order valence-electron chi connectivity index (χ1n) is 18.2. The van der Waals surface area contributed by atoms with Gasteiger partial charge in [0.15, 0.2) is 0 Å². The summed E-state index contributed by atoms with van der Waals surface area (Å²) in [5.74, 6) is 2.38. The molecule has 0 amide bonds. The molecule has 0 spiro atoms. The lowest BCUT2D eigenvalue weighted by molar-refractivity contribution is 0.0290. The van der Waals surface area contributed by atoms with E-state index in [-0.39, 0.29) is 0 Å². The zero-order valence-electron chi connectivity index (χ0n) is 27.8. The van der Waals surface area contributed by atoms with Crippen LogP contribution in [0, 0.1) is 0 Å². The van der Waals surface area contributed by atoms with Crippen LogP contribution in [-0.4, -0.2) is 77.2 Å². The fraction of sp³-hybridized carbons (Fsp3) is 0.463. The molecule has 4 fully saturated rings. The van der Waals surface area contributed by atoms with Crippen molar-refractivity contribution >= 4 is 27.5 Å². The molecule has 2 N–H and O–H groups in total. The number of hydrogen-bond donors (Lipinski definition) is 2. The number of hydrogen-bond acceptors (Lipinski definition) is 4. The first-order chi connectivity index (χ1) is 23.2. The zero-order chi connectivity index (χ0) is 31.3. The van der Waals surface area contributed by atoms with Crippen LogP contribution in [0.1, 0.15) is 74.3 Å². The van der Waals surface area contributed by atoms with Crippen LogP contribution in [0.15, 0.2) is 85.2 Å². The van der Waals surface area contributed by atoms with E-state index in [1.165, 1.54) is 116 Å². The number of ether oxygens (including phenoxy) is 1. The average molecular weight is 628 g/mol. The van der Waals surface area contributed by atoms with Gasteiger partial charge >= 0.3 is 0 Å². The summed E-state index contributed by atoms with van der Waals surface area (Å²) < 4.78 is 5.93. The third-order valence-electron chi connectivity index (χ3n) is 12.5. The molecule has 4 aliphatic rings. The number of H-pyrrole nitrogens is 2. The van der Waals surface area contributed by atoms with Crippen molar-refractivity contribution in [3.63, 3.8) is 0 Å². The Kier molecular flexibility index (Phi) is 7.74. The summed E-state index contributed by atoms with van der Waals surface area (Å²) in [5.41, 5.74) is 6.90. The minimum Gasteiger partial charge on any atom is -0.495 e. The maximum Gasteiger partial charge on any atom is 0.142 e. The number of benzene rings is 3. The second-order valence-corrected chi connectivity index (χ2v) is 14.9. The summed E-state index contributed by atoms with van der Waals surface area (Å²) in [4.78, 5) is 15.4. The number of nitrogens with one attached hydrogen (secondary N) is 2. The third kappa shape index (κ3) is 5.34. The quantitative estimate of drug-likeness (QED) is 0.182. The van der Waals surface area contributed by atoms with Crippen molar-refractivity contribution in [2.75, 3.05) is 38.2 Å². The Morgan fingerprint density at radius 1 is 0.574 bits per heavy atom. The topological polar surface area (TPSA) is 50.5 Å². The highest BCUT2D eigenvalue weighted by atomic mass is 16.5. The number of para-hydroxylation sites is 4. The third-order valence-corrected chi connectivity index (χ3v) is 12.5. The molecule has 0 atom stereocenters. The van der Waals surface area contributed by atoms with Gasteiger partial charge < -0.3 is 19.6 Å². The first-order valence-corrected chi connectivity index (χ1v) is 18.2. The van der Waals surface area contributed by atoms with Gasteiger partial charge in [0.25, 0.3) is 0 Å². The molecule has 2 aromatic heterocycles. The van der Waals surface area contributed by atoms with Crippen LogP contribution in [0.5, 0.6) is 5.75 Å². The number of likely N-dealkylation sites (tertiary alicyclic amines) is 2. The van der Waals surface area contributed by atoms with E-state index >= 15 is 0 Å². The van der Waals surface area contributed by atoms with Crippen LogP contribution in [0.25, 0.3) is 21.8 Å². The minimum absolute atomic E-state index is 0.558. The fourth-order valence-electron chi connectivity index (χ4n) is 9.83. The van der Waals surface area contributed by atoms with Crippen molar-refractivity contribution < 1.29 is 4.74 Å². The highest BCUT2D eigenvalue weighted by Crippen LogP contribution is 2.43. The number of anilines is 1. The van der Waals surface area contributed by atoms with E-state index in [0.29, 0.717) is 23.9 Å². The fourth-order valence-corrected chi connectivity index (χ4v) is 9.83. The van der Waals surface area contributed by atoms with Gasteiger partial charge in [-0.1, -0.05) is 48.5 Å². The number of methoxy groups -OCH3 is 1. The summed E-state index contributed by atoms with van der Waals surface area (Å²) in [6.07, 6.45) is 15.0. The molecule has 5 aromatic rings. The highest BCUT2D eigenvalue weighted by Gasteiger charge is 2.45. The van der Waals surface area contributed by atoms with E-state index in [1.807, 2.05) is 7.11 Å². The van der Waals surface area contributed by atoms with E-state index in [9.17, 15) is 0 Å². The molecule has 2 aliphatic carbocycles. The molecule has 9 rings (SSSR count). The minimum atomic E-state index is 0.558. The Bertz CT molecular complexity index is 1700. The number of aromatic amines is 2. The molecule has 2 aliphatic heterocycles. The smallest absolute Gasteiger partial charge is 0.142 e. The summed E-state index contributed by atoms with van der Waals surface area (Å²) in [6.45, 7) is 4.69. The van der Waals surface area contributed by atoms with Gasteiger partial charge in [0.1, 0.15) is 5.75 Å². The standard InChI is InChI=1S/C41H49N5O/c1-47-41-13-7-6-12-40(41)46(32-24-44(25-32)30-18-14-28(15-19-30)36-22-42-38-10-4-2-8-34(36)38)33-26-45(27-33)31-20-16-29(17-21-31)37-23-43-39-11-5-3-9-35(37)39/h2-13,22-23,28-33,42-43H,14-21,24-27H2,1H3. The maximum atomic E-state index is 5.93. The molecule has 4 heterocycles. The van der Waals surface area contributed by atoms with Crippen molar-refractivity contribution in [1.29, 1.82) is 0 Å². The average Bonchev–Trinajstić information content (AvgIpc) is 3.72. The van der Waals surface area contributed by atoms with Crippen LogP contribution in [0.4, 0.5) is 5.69 Å². The van der Waals surface area contributed by atoms with Crippen molar-refractivity contribution in [2.45, 2.75) is 87.4 Å². The largest absolute Gasteiger partial charge is 0.495 e. The van der Waals surface area contributed by atoms with Crippen molar-refractivity contribution in [1.82, 2.24) is 19.8 Å². The van der Waals surface area contributed by atoms with Crippen molar-refractivity contribution in [3.8, 4) is 5.75 Å². The summed E-state index contributed by atoms with van der Waals surface area (Å²) >= 11 is 0. The SMILES string of the molecule is COc1ccccc1N(C1CN(C2CCC(c3c[nH]c4ccccc34)CC2)C1)C1CN(C2CCC(c3c[nH]c4ccccc34)CC2)C1. The van der Waals surface area contributed by atoms with Gasteiger partial charge in [-0.25, -0.2) is 0 Å². The molecule has 6 heteroatoms. The van der Waals surface area contributed by atoms with E-state index < -0.39 is 0 Å². The number of rotatable bonds is 8. The van der Waals surface area contributed by atoms with Crippen molar-refractivity contribution in [2.24, 2.45) is 0 Å². The molecule has 3 aromatic carbocycles. The molecule has 2 saturated carbocycles. The maximum absolute atomic E-state index is 5.93. The van der Waals surface area contributed by atoms with Gasteiger partial charge in [-0.15, -0.1) is 0 Å². The van der Waals surface area contributed by atoms with E-state index in [4.69, 9.17) is 4.74 Å². The Morgan fingerprint density at radius 2 is 1.02 bits per heavy atom. The lowest BCUT2D eigenvalue weighted by atomic mass is 9.79. The molecule has 244 valence electrons. The lowest BCUT2D eigenvalue weighted by Gasteiger charge is -2.57. The van der Waals surface area contributed by atoms with Gasteiger partial charge in [0.2, 0.25) is 0 Å². The molecular weight excluding hydrogens is 578 g/mol. The normalized spacial score (nSPS) is 26.3. The molecule has 6 nitrogen and oxygen atoms in total. The Labute approximate surface area is 279 Å². The Balaban J connectivity index is 0.825. The van der Waals surface area contributed by atoms with Crippen molar-refractivity contribution in [3.05, 3.63) is 96.3 Å². The number of fused-ring (bicyclic) bond motifs is 2. The van der Waals surface area contributed by atoms with Crippen LogP contribution in [0.2, 0.25) is 0 Å². The molecule has 47 heavy (non-hydrogen) atoms. The Morgan fingerprint density at radius 3 is 1.51 bits per heavy atom. The second kappa shape index (κ2) is 12.4. The monoisotopic (exact) mass is 627 g/mol. The molecule has 0 unspecified atom stereocenters. The van der Waals surface area contributed by atoms with E-state index in [2.05, 4.69) is 110 Å². The van der Waals surface area contributed by atoms with Crippen LogP contribution >= 0.6 is 0 Å². The molecular formula is C41H49N5O. The summed E-state index contributed by atoms with van der Waals surface area (Å²) in [5, 5.41) is 2.84. The summed E-state index contributed by atoms with van der Waals surface area (Å²) in [7, 11) is 1.83. The van der Waals surface area contributed by atoms with E-state index in [1.54, 1.807) is 0 Å². The number of nitrogens with zero attached hydrogens (tertiary/aromatic N) is 3. The molecule has 0 bridgehead atoms. The Hall–Kier alpha value is -3.74. The highest BCUT2D eigenvalue weighted by molar-refractivity contribution is 5.84. The van der Waals surface area contributed by atoms with Crippen LogP contribution < -0.4 is 9.64 Å². The van der Waals surface area contributed by atoms with Crippen LogP contribution in [0.3, 0.4) is 0 Å². The number of aromatic nitrogens is 2. The van der Waals surface area contributed by atoms with Gasteiger partial charge in [0, 0.05) is 72.5 Å². The predicted octanol–water partition coefficient (Wildman–Crippen LogP) is 8.29.